The molecule has 2 aliphatic rings. The van der Waals surface area contributed by atoms with Crippen LogP contribution in [0.15, 0.2) is 24.3 Å². The number of aryl methyl sites for hydroxylation is 1. The fourth-order valence-electron chi connectivity index (χ4n) is 3.87. The molecule has 1 saturated heterocycles. The summed E-state index contributed by atoms with van der Waals surface area (Å²) < 4.78 is 0. The molecule has 5 heteroatoms. The van der Waals surface area contributed by atoms with Crippen molar-refractivity contribution in [2.24, 2.45) is 5.92 Å². The van der Waals surface area contributed by atoms with Gasteiger partial charge in [-0.25, -0.2) is 4.79 Å². The van der Waals surface area contributed by atoms with E-state index in [1.165, 1.54) is 32.1 Å². The van der Waals surface area contributed by atoms with Gasteiger partial charge in [-0.2, -0.15) is 0 Å². The van der Waals surface area contributed by atoms with Crippen molar-refractivity contribution in [1.29, 1.82) is 0 Å². The maximum Gasteiger partial charge on any atom is 0.322 e. The molecule has 1 aliphatic heterocycles. The highest BCUT2D eigenvalue weighted by atomic mass is 16.2. The maximum atomic E-state index is 12.6. The van der Waals surface area contributed by atoms with Crippen LogP contribution in [0.4, 0.5) is 10.5 Å². The molecule has 0 spiro atoms. The number of anilines is 1. The zero-order chi connectivity index (χ0) is 17.6. The van der Waals surface area contributed by atoms with Gasteiger partial charge in [-0.15, -0.1) is 0 Å². The van der Waals surface area contributed by atoms with Crippen molar-refractivity contribution >= 4 is 17.6 Å². The van der Waals surface area contributed by atoms with Crippen LogP contribution in [-0.2, 0) is 4.79 Å². The zero-order valence-electron chi connectivity index (χ0n) is 15.1. The highest BCUT2D eigenvalue weighted by Gasteiger charge is 2.34. The van der Waals surface area contributed by atoms with E-state index in [-0.39, 0.29) is 18.0 Å². The molecule has 2 N–H and O–H groups in total. The molecule has 136 valence electrons. The minimum absolute atomic E-state index is 0.00197. The average molecular weight is 343 g/mol. The zero-order valence-corrected chi connectivity index (χ0v) is 15.1. The predicted octanol–water partition coefficient (Wildman–Crippen LogP) is 3.69. The second-order valence-electron chi connectivity index (χ2n) is 7.40. The van der Waals surface area contributed by atoms with E-state index < -0.39 is 0 Å². The van der Waals surface area contributed by atoms with E-state index in [4.69, 9.17) is 0 Å². The number of urea groups is 1. The SMILES string of the molecule is Cc1ccc(NC(=O)N2CCC[C@H]2C(=O)NCC2CCCCC2)cc1. The molecule has 0 radical (unpaired) electrons. The molecule has 0 unspecified atom stereocenters. The Morgan fingerprint density at radius 3 is 2.48 bits per heavy atom. The van der Waals surface area contributed by atoms with E-state index in [2.05, 4.69) is 10.6 Å². The van der Waals surface area contributed by atoms with Crippen LogP contribution >= 0.6 is 0 Å². The van der Waals surface area contributed by atoms with Crippen molar-refractivity contribution in [1.82, 2.24) is 10.2 Å². The molecule has 3 amide bonds. The summed E-state index contributed by atoms with van der Waals surface area (Å²) in [6.45, 7) is 3.40. The van der Waals surface area contributed by atoms with Gasteiger partial charge in [0.1, 0.15) is 6.04 Å². The van der Waals surface area contributed by atoms with Gasteiger partial charge in [0, 0.05) is 18.8 Å². The minimum atomic E-state index is -0.339. The first-order chi connectivity index (χ1) is 12.1. The summed E-state index contributed by atoms with van der Waals surface area (Å²) in [4.78, 5) is 26.8. The molecule has 2 fully saturated rings. The van der Waals surface area contributed by atoms with Crippen LogP contribution in [0.2, 0.25) is 0 Å². The van der Waals surface area contributed by atoms with Crippen molar-refractivity contribution < 1.29 is 9.59 Å². The van der Waals surface area contributed by atoms with E-state index in [1.54, 1.807) is 4.90 Å². The third-order valence-electron chi connectivity index (χ3n) is 5.41. The third kappa shape index (κ3) is 4.74. The summed E-state index contributed by atoms with van der Waals surface area (Å²) in [5, 5.41) is 6.00. The van der Waals surface area contributed by atoms with Gasteiger partial charge in [0.2, 0.25) is 5.91 Å². The molecule has 1 aromatic rings. The summed E-state index contributed by atoms with van der Waals surface area (Å²) in [5.74, 6) is 0.607. The first-order valence-electron chi connectivity index (χ1n) is 9.55. The van der Waals surface area contributed by atoms with Crippen molar-refractivity contribution in [3.63, 3.8) is 0 Å². The number of nitrogens with zero attached hydrogens (tertiary/aromatic N) is 1. The van der Waals surface area contributed by atoms with Crippen LogP contribution in [0.1, 0.15) is 50.5 Å². The normalized spacial score (nSPS) is 21.2. The van der Waals surface area contributed by atoms with Crippen LogP contribution in [0, 0.1) is 12.8 Å². The monoisotopic (exact) mass is 343 g/mol. The molecule has 3 rings (SSSR count). The number of likely N-dealkylation sites (tertiary alicyclic amines) is 1. The molecular formula is C20H29N3O2. The predicted molar refractivity (Wildman–Crippen MR) is 99.5 cm³/mol. The Morgan fingerprint density at radius 1 is 1.04 bits per heavy atom. The standard InChI is InChI=1S/C20H29N3O2/c1-15-9-11-17(12-10-15)22-20(25)23-13-5-8-18(23)19(24)21-14-16-6-3-2-4-7-16/h9-12,16,18H,2-8,13-14H2,1H3,(H,21,24)(H,22,25)/t18-/m0/s1. The fourth-order valence-corrected chi connectivity index (χ4v) is 3.87. The van der Waals surface area contributed by atoms with E-state index in [9.17, 15) is 9.59 Å². The Balaban J connectivity index is 1.52. The Morgan fingerprint density at radius 2 is 1.76 bits per heavy atom. The van der Waals surface area contributed by atoms with Crippen molar-refractivity contribution in [3.8, 4) is 0 Å². The summed E-state index contributed by atoms with van der Waals surface area (Å²) in [7, 11) is 0. The van der Waals surface area contributed by atoms with Gasteiger partial charge in [0.05, 0.1) is 0 Å². The molecule has 25 heavy (non-hydrogen) atoms. The molecule has 1 atom stereocenters. The maximum absolute atomic E-state index is 12.6. The van der Waals surface area contributed by atoms with E-state index in [0.717, 1.165) is 30.6 Å². The number of nitrogens with one attached hydrogen (secondary N) is 2. The fraction of sp³-hybridized carbons (Fsp3) is 0.600. The van der Waals surface area contributed by atoms with E-state index >= 15 is 0 Å². The molecule has 0 aromatic heterocycles. The number of rotatable bonds is 4. The summed E-state index contributed by atoms with van der Waals surface area (Å²) in [6, 6.07) is 7.19. The van der Waals surface area contributed by atoms with Gasteiger partial charge in [0.25, 0.3) is 0 Å². The molecule has 1 aromatic carbocycles. The lowest BCUT2D eigenvalue weighted by Crippen LogP contribution is -2.48. The van der Waals surface area contributed by atoms with Crippen LogP contribution in [0.5, 0.6) is 0 Å². The average Bonchev–Trinajstić information content (AvgIpc) is 3.12. The van der Waals surface area contributed by atoms with Gasteiger partial charge in [-0.1, -0.05) is 37.0 Å². The van der Waals surface area contributed by atoms with Gasteiger partial charge in [0.15, 0.2) is 0 Å². The van der Waals surface area contributed by atoms with Crippen molar-refractivity contribution in [2.75, 3.05) is 18.4 Å². The van der Waals surface area contributed by atoms with Crippen LogP contribution in [0.3, 0.4) is 0 Å². The minimum Gasteiger partial charge on any atom is -0.354 e. The second-order valence-corrected chi connectivity index (χ2v) is 7.40. The molecule has 1 heterocycles. The first kappa shape index (κ1) is 17.8. The van der Waals surface area contributed by atoms with Gasteiger partial charge in [-0.3, -0.25) is 4.79 Å². The lowest BCUT2D eigenvalue weighted by molar-refractivity contribution is -0.124. The first-order valence-corrected chi connectivity index (χ1v) is 9.55. The van der Waals surface area contributed by atoms with Gasteiger partial charge >= 0.3 is 6.03 Å². The lowest BCUT2D eigenvalue weighted by atomic mass is 9.89. The van der Waals surface area contributed by atoms with Crippen LogP contribution in [0.25, 0.3) is 0 Å². The molecule has 5 nitrogen and oxygen atoms in total. The number of hydrogen-bond donors (Lipinski definition) is 2. The highest BCUT2D eigenvalue weighted by molar-refractivity contribution is 5.94. The summed E-state index contributed by atoms with van der Waals surface area (Å²) in [6.07, 6.45) is 7.91. The number of amides is 3. The Kier molecular flexibility index (Phi) is 5.95. The number of carbonyl (C=O) groups excluding carboxylic acids is 2. The molecule has 1 aliphatic carbocycles. The van der Waals surface area contributed by atoms with E-state index in [1.807, 2.05) is 31.2 Å². The summed E-state index contributed by atoms with van der Waals surface area (Å²) in [5.41, 5.74) is 1.92. The molecule has 0 bridgehead atoms. The van der Waals surface area contributed by atoms with Crippen molar-refractivity contribution in [3.05, 3.63) is 29.8 Å². The quantitative estimate of drug-likeness (QED) is 0.876. The number of benzene rings is 1. The third-order valence-corrected chi connectivity index (χ3v) is 5.41. The largest absolute Gasteiger partial charge is 0.354 e. The summed E-state index contributed by atoms with van der Waals surface area (Å²) >= 11 is 0. The molecule has 1 saturated carbocycles. The molecular weight excluding hydrogens is 314 g/mol. The lowest BCUT2D eigenvalue weighted by Gasteiger charge is -2.26. The Labute approximate surface area is 150 Å². The number of hydrogen-bond acceptors (Lipinski definition) is 2. The highest BCUT2D eigenvalue weighted by Crippen LogP contribution is 2.23. The van der Waals surface area contributed by atoms with Gasteiger partial charge < -0.3 is 15.5 Å². The van der Waals surface area contributed by atoms with Crippen LogP contribution < -0.4 is 10.6 Å². The smallest absolute Gasteiger partial charge is 0.322 e. The Hall–Kier alpha value is -2.04. The van der Waals surface area contributed by atoms with Crippen molar-refractivity contribution in [2.45, 2.75) is 57.9 Å². The Bertz CT molecular complexity index is 593. The topological polar surface area (TPSA) is 61.4 Å². The van der Waals surface area contributed by atoms with E-state index in [0.29, 0.717) is 12.5 Å². The van der Waals surface area contributed by atoms with Gasteiger partial charge in [-0.05, 0) is 50.7 Å². The van der Waals surface area contributed by atoms with Crippen LogP contribution in [-0.4, -0.2) is 36.0 Å². The second kappa shape index (κ2) is 8.37. The number of carbonyl (C=O) groups is 2.